The Balaban J connectivity index is 0.000000845. The van der Waals surface area contributed by atoms with Gasteiger partial charge >= 0.3 is 0 Å². The first-order valence-corrected chi connectivity index (χ1v) is 4.83. The molecule has 2 aliphatic rings. The number of nitrogens with one attached hydrogen (secondary N) is 1. The zero-order chi connectivity index (χ0) is 8.60. The normalized spacial score (nSPS) is 32.3. The van der Waals surface area contributed by atoms with E-state index in [4.69, 9.17) is 0 Å². The van der Waals surface area contributed by atoms with Crippen molar-refractivity contribution >= 4 is 12.4 Å². The fourth-order valence-corrected chi connectivity index (χ4v) is 1.78. The van der Waals surface area contributed by atoms with Gasteiger partial charge in [-0.05, 0) is 19.8 Å². The van der Waals surface area contributed by atoms with Crippen LogP contribution in [0.15, 0.2) is 0 Å². The SMILES string of the molecule is CC1CNCCN1CC1(F)CC1.Cl. The molecule has 0 spiro atoms. The molecule has 0 aromatic carbocycles. The van der Waals surface area contributed by atoms with E-state index in [0.29, 0.717) is 12.6 Å². The second-order valence-electron chi connectivity index (χ2n) is 4.17. The molecular weight excluding hydrogens is 191 g/mol. The van der Waals surface area contributed by atoms with Gasteiger partial charge in [-0.3, -0.25) is 4.90 Å². The van der Waals surface area contributed by atoms with Crippen LogP contribution in [0.4, 0.5) is 4.39 Å². The molecule has 2 nitrogen and oxygen atoms in total. The molecule has 1 heterocycles. The lowest BCUT2D eigenvalue weighted by Crippen LogP contribution is -2.51. The van der Waals surface area contributed by atoms with Crippen LogP contribution in [0, 0.1) is 0 Å². The third-order valence-electron chi connectivity index (χ3n) is 2.92. The van der Waals surface area contributed by atoms with E-state index in [1.165, 1.54) is 0 Å². The summed E-state index contributed by atoms with van der Waals surface area (Å²) < 4.78 is 13.4. The van der Waals surface area contributed by atoms with Gasteiger partial charge in [-0.25, -0.2) is 4.39 Å². The Kier molecular flexibility index (Phi) is 3.55. The van der Waals surface area contributed by atoms with E-state index in [1.54, 1.807) is 0 Å². The predicted octanol–water partition coefficient (Wildman–Crippen LogP) is 1.20. The van der Waals surface area contributed by atoms with Crippen molar-refractivity contribution in [3.63, 3.8) is 0 Å². The van der Waals surface area contributed by atoms with Gasteiger partial charge < -0.3 is 5.32 Å². The van der Waals surface area contributed by atoms with Gasteiger partial charge in [-0.1, -0.05) is 0 Å². The molecule has 1 aliphatic heterocycles. The summed E-state index contributed by atoms with van der Waals surface area (Å²) in [7, 11) is 0. The van der Waals surface area contributed by atoms with Gasteiger partial charge in [-0.15, -0.1) is 12.4 Å². The largest absolute Gasteiger partial charge is 0.314 e. The average molecular weight is 209 g/mol. The molecule has 1 aliphatic carbocycles. The lowest BCUT2D eigenvalue weighted by atomic mass is 10.2. The molecule has 78 valence electrons. The molecule has 0 radical (unpaired) electrons. The fourth-order valence-electron chi connectivity index (χ4n) is 1.78. The summed E-state index contributed by atoms with van der Waals surface area (Å²) in [4.78, 5) is 2.27. The maximum absolute atomic E-state index is 13.4. The average Bonchev–Trinajstić information content (AvgIpc) is 2.74. The van der Waals surface area contributed by atoms with Gasteiger partial charge in [-0.2, -0.15) is 0 Å². The third-order valence-corrected chi connectivity index (χ3v) is 2.92. The van der Waals surface area contributed by atoms with E-state index in [0.717, 1.165) is 32.5 Å². The maximum Gasteiger partial charge on any atom is 0.123 e. The summed E-state index contributed by atoms with van der Waals surface area (Å²) in [5.74, 6) is 0. The van der Waals surface area contributed by atoms with Gasteiger partial charge in [0, 0.05) is 32.2 Å². The highest BCUT2D eigenvalue weighted by Crippen LogP contribution is 2.40. The molecule has 1 saturated carbocycles. The number of halogens is 2. The summed E-state index contributed by atoms with van der Waals surface area (Å²) in [5.41, 5.74) is -0.814. The predicted molar refractivity (Wildman–Crippen MR) is 54.2 cm³/mol. The summed E-state index contributed by atoms with van der Waals surface area (Å²) >= 11 is 0. The van der Waals surface area contributed by atoms with Crippen molar-refractivity contribution in [1.82, 2.24) is 10.2 Å². The van der Waals surface area contributed by atoms with Crippen LogP contribution in [0.3, 0.4) is 0 Å². The van der Waals surface area contributed by atoms with Crippen molar-refractivity contribution in [3.05, 3.63) is 0 Å². The zero-order valence-electron chi connectivity index (χ0n) is 8.05. The smallest absolute Gasteiger partial charge is 0.123 e. The molecule has 4 heteroatoms. The minimum Gasteiger partial charge on any atom is -0.314 e. The van der Waals surface area contributed by atoms with Crippen molar-refractivity contribution in [2.75, 3.05) is 26.2 Å². The minimum absolute atomic E-state index is 0. The number of rotatable bonds is 2. The van der Waals surface area contributed by atoms with Crippen LogP contribution < -0.4 is 5.32 Å². The van der Waals surface area contributed by atoms with Gasteiger partial charge in [0.2, 0.25) is 0 Å². The highest BCUT2D eigenvalue weighted by atomic mass is 35.5. The van der Waals surface area contributed by atoms with Gasteiger partial charge in [0.15, 0.2) is 0 Å². The number of hydrogen-bond donors (Lipinski definition) is 1. The molecule has 1 saturated heterocycles. The first-order chi connectivity index (χ1) is 5.70. The number of piperazine rings is 1. The summed E-state index contributed by atoms with van der Waals surface area (Å²) in [6.45, 7) is 5.86. The zero-order valence-corrected chi connectivity index (χ0v) is 8.87. The molecule has 1 atom stereocenters. The number of hydrogen-bond acceptors (Lipinski definition) is 2. The van der Waals surface area contributed by atoms with Crippen LogP contribution in [-0.2, 0) is 0 Å². The van der Waals surface area contributed by atoms with Crippen LogP contribution in [0.1, 0.15) is 19.8 Å². The Morgan fingerprint density at radius 3 is 2.77 bits per heavy atom. The van der Waals surface area contributed by atoms with Crippen LogP contribution in [0.2, 0.25) is 0 Å². The van der Waals surface area contributed by atoms with Crippen molar-refractivity contribution in [1.29, 1.82) is 0 Å². The second kappa shape index (κ2) is 4.11. The van der Waals surface area contributed by atoms with Crippen LogP contribution >= 0.6 is 12.4 Å². The van der Waals surface area contributed by atoms with Gasteiger partial charge in [0.25, 0.3) is 0 Å². The molecule has 1 N–H and O–H groups in total. The first kappa shape index (κ1) is 11.2. The first-order valence-electron chi connectivity index (χ1n) is 4.83. The van der Waals surface area contributed by atoms with Crippen LogP contribution in [0.5, 0.6) is 0 Å². The molecule has 0 aromatic heterocycles. The van der Waals surface area contributed by atoms with E-state index < -0.39 is 5.67 Å². The molecule has 2 fully saturated rings. The standard InChI is InChI=1S/C9H17FN2.ClH/c1-8-6-11-4-5-12(8)7-9(10)2-3-9;/h8,11H,2-7H2,1H3;1H. The Morgan fingerprint density at radius 1 is 1.54 bits per heavy atom. The van der Waals surface area contributed by atoms with Crippen LogP contribution in [0.25, 0.3) is 0 Å². The molecule has 2 rings (SSSR count). The highest BCUT2D eigenvalue weighted by molar-refractivity contribution is 5.85. The highest BCUT2D eigenvalue weighted by Gasteiger charge is 2.45. The lowest BCUT2D eigenvalue weighted by molar-refractivity contribution is 0.118. The van der Waals surface area contributed by atoms with Crippen LogP contribution in [-0.4, -0.2) is 42.8 Å². The van der Waals surface area contributed by atoms with Gasteiger partial charge in [0.1, 0.15) is 5.67 Å². The fraction of sp³-hybridized carbons (Fsp3) is 1.00. The second-order valence-corrected chi connectivity index (χ2v) is 4.17. The Hall–Kier alpha value is 0.140. The van der Waals surface area contributed by atoms with Crippen molar-refractivity contribution in [3.8, 4) is 0 Å². The van der Waals surface area contributed by atoms with E-state index in [1.807, 2.05) is 0 Å². The maximum atomic E-state index is 13.4. The number of nitrogens with zero attached hydrogens (tertiary/aromatic N) is 1. The molecular formula is C9H18ClFN2. The van der Waals surface area contributed by atoms with Crippen molar-refractivity contribution < 1.29 is 4.39 Å². The van der Waals surface area contributed by atoms with Crippen molar-refractivity contribution in [2.45, 2.75) is 31.5 Å². The Labute approximate surface area is 85.3 Å². The Bertz CT molecular complexity index is 173. The molecule has 0 bridgehead atoms. The topological polar surface area (TPSA) is 15.3 Å². The molecule has 1 unspecified atom stereocenters. The summed E-state index contributed by atoms with van der Waals surface area (Å²) in [5, 5.41) is 3.31. The minimum atomic E-state index is -0.814. The summed E-state index contributed by atoms with van der Waals surface area (Å²) in [6.07, 6.45) is 1.56. The quantitative estimate of drug-likeness (QED) is 0.734. The monoisotopic (exact) mass is 208 g/mol. The molecule has 13 heavy (non-hydrogen) atoms. The summed E-state index contributed by atoms with van der Waals surface area (Å²) in [6, 6.07) is 0.506. The Morgan fingerprint density at radius 2 is 2.23 bits per heavy atom. The van der Waals surface area contributed by atoms with E-state index >= 15 is 0 Å². The van der Waals surface area contributed by atoms with Gasteiger partial charge in [0.05, 0.1) is 0 Å². The van der Waals surface area contributed by atoms with Crippen molar-refractivity contribution in [2.24, 2.45) is 0 Å². The number of alkyl halides is 1. The third kappa shape index (κ3) is 2.79. The lowest BCUT2D eigenvalue weighted by Gasteiger charge is -2.34. The van der Waals surface area contributed by atoms with E-state index in [2.05, 4.69) is 17.1 Å². The van der Waals surface area contributed by atoms with E-state index in [9.17, 15) is 4.39 Å². The molecule has 0 aromatic rings. The molecule has 0 amide bonds. The van der Waals surface area contributed by atoms with E-state index in [-0.39, 0.29) is 12.4 Å².